The van der Waals surface area contributed by atoms with Crippen LogP contribution in [0.4, 0.5) is 10.1 Å². The van der Waals surface area contributed by atoms with Gasteiger partial charge in [-0.15, -0.1) is 11.3 Å². The Balaban J connectivity index is 2.27. The van der Waals surface area contributed by atoms with E-state index in [0.717, 1.165) is 11.3 Å². The molecule has 22 heavy (non-hydrogen) atoms. The Morgan fingerprint density at radius 3 is 2.64 bits per heavy atom. The molecular formula is C16H8FNO3S. The number of thiophene rings is 1. The predicted octanol–water partition coefficient (Wildman–Crippen LogP) is 4.66. The van der Waals surface area contributed by atoms with Crippen molar-refractivity contribution in [3.8, 4) is 16.9 Å². The molecule has 2 aromatic carbocycles. The third-order valence-electron chi connectivity index (χ3n) is 3.26. The average Bonchev–Trinajstić information content (AvgIpc) is 2.85. The molecule has 6 heteroatoms. The van der Waals surface area contributed by atoms with Crippen molar-refractivity contribution in [1.82, 2.24) is 0 Å². The summed E-state index contributed by atoms with van der Waals surface area (Å²) in [4.78, 5) is 14.3. The smallest absolute Gasteiger partial charge is 0.339 e. The number of carboxylic acids is 1. The van der Waals surface area contributed by atoms with Crippen LogP contribution in [-0.4, -0.2) is 16.2 Å². The first-order valence-electron chi connectivity index (χ1n) is 6.17. The van der Waals surface area contributed by atoms with E-state index in [1.165, 1.54) is 24.3 Å². The van der Waals surface area contributed by atoms with Gasteiger partial charge < -0.3 is 10.2 Å². The van der Waals surface area contributed by atoms with Crippen LogP contribution in [0.3, 0.4) is 0 Å². The fraction of sp³-hybridized carbons (Fsp3) is 0. The summed E-state index contributed by atoms with van der Waals surface area (Å²) in [5.74, 6) is -1.60. The van der Waals surface area contributed by atoms with Crippen molar-refractivity contribution in [2.24, 2.45) is 0 Å². The van der Waals surface area contributed by atoms with Gasteiger partial charge in [-0.3, -0.25) is 0 Å². The fourth-order valence-electron chi connectivity index (χ4n) is 2.28. The van der Waals surface area contributed by atoms with Crippen LogP contribution in [0.1, 0.15) is 10.4 Å². The van der Waals surface area contributed by atoms with Crippen molar-refractivity contribution in [1.29, 1.82) is 0 Å². The summed E-state index contributed by atoms with van der Waals surface area (Å²) in [6.45, 7) is 7.13. The maximum Gasteiger partial charge on any atom is 0.339 e. The number of fused-ring (bicyclic) bond motifs is 1. The minimum atomic E-state index is -1.23. The van der Waals surface area contributed by atoms with Crippen LogP contribution in [0, 0.1) is 11.7 Å². The van der Waals surface area contributed by atoms with Crippen molar-refractivity contribution < 1.29 is 19.4 Å². The summed E-state index contributed by atoms with van der Waals surface area (Å²) < 4.78 is 14.1. The van der Waals surface area contributed by atoms with Crippen molar-refractivity contribution in [3.05, 3.63) is 58.5 Å². The zero-order valence-corrected chi connectivity index (χ0v) is 11.8. The van der Waals surface area contributed by atoms with E-state index in [2.05, 4.69) is 4.85 Å². The molecule has 0 spiro atoms. The van der Waals surface area contributed by atoms with Crippen molar-refractivity contribution in [3.63, 3.8) is 0 Å². The summed E-state index contributed by atoms with van der Waals surface area (Å²) in [6.07, 6.45) is 0. The Morgan fingerprint density at radius 1 is 1.23 bits per heavy atom. The molecule has 0 atom stereocenters. The number of carboxylic acid groups (broad SMARTS) is 1. The van der Waals surface area contributed by atoms with Gasteiger partial charge in [0, 0.05) is 10.1 Å². The summed E-state index contributed by atoms with van der Waals surface area (Å²) in [6, 6.07) is 8.68. The van der Waals surface area contributed by atoms with Crippen LogP contribution in [0.5, 0.6) is 5.75 Å². The summed E-state index contributed by atoms with van der Waals surface area (Å²) in [7, 11) is 0. The normalized spacial score (nSPS) is 10.5. The molecule has 108 valence electrons. The van der Waals surface area contributed by atoms with Gasteiger partial charge in [-0.05, 0) is 41.5 Å². The fourth-order valence-corrected chi connectivity index (χ4v) is 3.12. The number of benzene rings is 2. The number of hydrogen-bond acceptors (Lipinski definition) is 3. The topological polar surface area (TPSA) is 61.9 Å². The van der Waals surface area contributed by atoms with E-state index in [1.54, 1.807) is 12.1 Å². The van der Waals surface area contributed by atoms with Crippen LogP contribution < -0.4 is 0 Å². The van der Waals surface area contributed by atoms with Gasteiger partial charge in [-0.25, -0.2) is 9.64 Å². The maximum absolute atomic E-state index is 13.5. The van der Waals surface area contributed by atoms with Crippen LogP contribution in [0.15, 0.2) is 36.4 Å². The third-order valence-corrected chi connectivity index (χ3v) is 4.13. The SMILES string of the molecule is [C-]#[N+]c1cc(-c2ccc(C(=O)O)c(O)c2)c2cc(F)sc2c1. The maximum atomic E-state index is 13.5. The molecule has 2 N–H and O–H groups in total. The number of halogens is 1. The highest BCUT2D eigenvalue weighted by Crippen LogP contribution is 2.38. The van der Waals surface area contributed by atoms with Gasteiger partial charge in [-0.2, -0.15) is 4.39 Å². The standard InChI is InChI=1S/C16H8FNO3S/c1-18-9-5-11(12-7-15(17)22-14(12)6-9)8-2-3-10(16(20)21)13(19)4-8/h2-7,19H,(H,20,21). The second kappa shape index (κ2) is 5.13. The lowest BCUT2D eigenvalue weighted by atomic mass is 9.99. The Morgan fingerprint density at radius 2 is 2.00 bits per heavy atom. The van der Waals surface area contributed by atoms with E-state index in [0.29, 0.717) is 26.9 Å². The van der Waals surface area contributed by atoms with E-state index in [1.807, 2.05) is 0 Å². The second-order valence-electron chi connectivity index (χ2n) is 4.60. The lowest BCUT2D eigenvalue weighted by Gasteiger charge is -2.07. The second-order valence-corrected chi connectivity index (χ2v) is 5.64. The van der Waals surface area contributed by atoms with E-state index < -0.39 is 5.97 Å². The first-order chi connectivity index (χ1) is 10.5. The van der Waals surface area contributed by atoms with Gasteiger partial charge in [0.1, 0.15) is 11.3 Å². The van der Waals surface area contributed by atoms with Crippen molar-refractivity contribution in [2.75, 3.05) is 0 Å². The molecule has 0 bridgehead atoms. The average molecular weight is 313 g/mol. The molecule has 4 nitrogen and oxygen atoms in total. The van der Waals surface area contributed by atoms with Crippen molar-refractivity contribution in [2.45, 2.75) is 0 Å². The number of hydrogen-bond donors (Lipinski definition) is 2. The highest BCUT2D eigenvalue weighted by Gasteiger charge is 2.14. The first-order valence-corrected chi connectivity index (χ1v) is 6.98. The number of nitrogens with zero attached hydrogens (tertiary/aromatic N) is 1. The molecule has 0 aliphatic carbocycles. The molecule has 0 saturated carbocycles. The third kappa shape index (κ3) is 2.28. The molecular weight excluding hydrogens is 305 g/mol. The zero-order valence-electron chi connectivity index (χ0n) is 11.0. The number of aromatic hydroxyl groups is 1. The lowest BCUT2D eigenvalue weighted by Crippen LogP contribution is -1.96. The molecule has 0 fully saturated rings. The molecule has 0 amide bonds. The van der Waals surface area contributed by atoms with E-state index in [9.17, 15) is 14.3 Å². The molecule has 0 aliphatic rings. The zero-order chi connectivity index (χ0) is 15.9. The van der Waals surface area contributed by atoms with Gasteiger partial charge >= 0.3 is 5.97 Å². The molecule has 3 rings (SSSR count). The predicted molar refractivity (Wildman–Crippen MR) is 82.1 cm³/mol. The van der Waals surface area contributed by atoms with Gasteiger partial charge in [0.2, 0.25) is 0 Å². The molecule has 0 unspecified atom stereocenters. The lowest BCUT2D eigenvalue weighted by molar-refractivity contribution is 0.0694. The molecule has 1 aromatic heterocycles. The Bertz CT molecular complexity index is 956. The van der Waals surface area contributed by atoms with Gasteiger partial charge in [0.25, 0.3) is 0 Å². The monoisotopic (exact) mass is 313 g/mol. The van der Waals surface area contributed by atoms with E-state index in [-0.39, 0.29) is 16.4 Å². The first kappa shape index (κ1) is 14.0. The molecule has 0 radical (unpaired) electrons. The Kier molecular flexibility index (Phi) is 3.28. The minimum Gasteiger partial charge on any atom is -0.507 e. The summed E-state index contributed by atoms with van der Waals surface area (Å²) >= 11 is 0.936. The van der Waals surface area contributed by atoms with Gasteiger partial charge in [-0.1, -0.05) is 6.07 Å². The highest BCUT2D eigenvalue weighted by molar-refractivity contribution is 7.17. The number of rotatable bonds is 2. The summed E-state index contributed by atoms with van der Waals surface area (Å²) in [5.41, 5.74) is 1.25. The molecule has 0 aliphatic heterocycles. The van der Waals surface area contributed by atoms with Gasteiger partial charge in [0.05, 0.1) is 6.57 Å². The van der Waals surface area contributed by atoms with Gasteiger partial charge in [0.15, 0.2) is 10.8 Å². The molecule has 1 heterocycles. The number of aromatic carboxylic acids is 1. The Hall–Kier alpha value is -2.91. The summed E-state index contributed by atoms with van der Waals surface area (Å²) in [5, 5.41) is 19.0. The van der Waals surface area contributed by atoms with E-state index >= 15 is 0 Å². The number of carbonyl (C=O) groups is 1. The molecule has 3 aromatic rings. The Labute approximate surface area is 128 Å². The van der Waals surface area contributed by atoms with Crippen LogP contribution in [-0.2, 0) is 0 Å². The van der Waals surface area contributed by atoms with Crippen molar-refractivity contribution >= 4 is 33.1 Å². The number of phenols is 1. The minimum absolute atomic E-state index is 0.210. The quantitative estimate of drug-likeness (QED) is 0.676. The van der Waals surface area contributed by atoms with E-state index in [4.69, 9.17) is 11.7 Å². The highest BCUT2D eigenvalue weighted by atomic mass is 32.1. The van der Waals surface area contributed by atoms with Crippen LogP contribution >= 0.6 is 11.3 Å². The molecule has 0 saturated heterocycles. The largest absolute Gasteiger partial charge is 0.507 e. The van der Waals surface area contributed by atoms with Crippen LogP contribution in [0.2, 0.25) is 0 Å². The van der Waals surface area contributed by atoms with Crippen LogP contribution in [0.25, 0.3) is 26.1 Å².